The lowest BCUT2D eigenvalue weighted by Crippen LogP contribution is -2.57. The molecule has 2 aliphatic rings. The molecule has 2 aromatic heterocycles. The number of likely N-dealkylation sites (tertiary alicyclic amines) is 1. The summed E-state index contributed by atoms with van der Waals surface area (Å²) in [6.45, 7) is 17.6. The quantitative estimate of drug-likeness (QED) is 0.0428. The zero-order chi connectivity index (χ0) is 51.0. The number of nitrogens with one attached hydrogen (secondary N) is 3. The van der Waals surface area contributed by atoms with Gasteiger partial charge in [0.15, 0.2) is 11.6 Å². The normalized spacial score (nSPS) is 17.4. The van der Waals surface area contributed by atoms with Crippen molar-refractivity contribution < 1.29 is 28.8 Å². The molecule has 3 aromatic carbocycles. The standard InChI is InChI=1S/C53H69ClN9O6PS/c1-34(36-18-20-37(21-19-36)48-35(2)56-33-71-48)47(66)43-30-39(64)32-63(43)51(67)49(53(3,4)5)59-46(65)17-11-9-10-14-24-61-25-27-62(28-26-61)38-22-23-41(44(29-38)69-6)58-52-55-31-40(54)50(60-52)57-42-15-12-13-16-45(42)70(7,8)68/h12-13,15-16,18-23,29,31,33-34,39,43,49,64H,9-11,14,17,24-28,30,32H2,1-8H3,(H,59,65)(H2,55,57,58,60)/t34-,39+,43-,49+/m0/s1. The van der Waals surface area contributed by atoms with Gasteiger partial charge >= 0.3 is 0 Å². The zero-order valence-corrected chi connectivity index (χ0v) is 44.7. The molecule has 71 heavy (non-hydrogen) atoms. The van der Waals surface area contributed by atoms with Gasteiger partial charge < -0.3 is 40.2 Å². The largest absolute Gasteiger partial charge is 0.494 e. The Labute approximate surface area is 427 Å². The van der Waals surface area contributed by atoms with E-state index in [1.54, 1.807) is 31.8 Å². The van der Waals surface area contributed by atoms with Crippen molar-refractivity contribution in [2.75, 3.05) is 75.2 Å². The molecule has 380 valence electrons. The van der Waals surface area contributed by atoms with Gasteiger partial charge in [-0.25, -0.2) is 9.97 Å². The van der Waals surface area contributed by atoms with Gasteiger partial charge in [0.1, 0.15) is 24.0 Å². The van der Waals surface area contributed by atoms with E-state index in [2.05, 4.69) is 46.8 Å². The van der Waals surface area contributed by atoms with Crippen LogP contribution in [0.2, 0.25) is 5.02 Å². The molecule has 0 unspecified atom stereocenters. The van der Waals surface area contributed by atoms with Crippen LogP contribution >= 0.6 is 30.1 Å². The molecule has 5 aromatic rings. The number of halogens is 1. The van der Waals surface area contributed by atoms with Crippen molar-refractivity contribution in [3.63, 3.8) is 0 Å². The molecule has 2 amide bonds. The molecule has 4 atom stereocenters. The van der Waals surface area contributed by atoms with Crippen LogP contribution < -0.4 is 30.9 Å². The van der Waals surface area contributed by atoms with Gasteiger partial charge in [0, 0.05) is 68.5 Å². The van der Waals surface area contributed by atoms with Crippen molar-refractivity contribution in [3.8, 4) is 16.2 Å². The number of aliphatic hydroxyl groups excluding tert-OH is 1. The van der Waals surface area contributed by atoms with Crippen LogP contribution in [0.25, 0.3) is 10.4 Å². The molecule has 0 aliphatic carbocycles. The predicted molar refractivity (Wildman–Crippen MR) is 287 cm³/mol. The van der Waals surface area contributed by atoms with E-state index in [0.717, 1.165) is 79.4 Å². The maximum absolute atomic E-state index is 14.2. The summed E-state index contributed by atoms with van der Waals surface area (Å²) in [5.74, 6) is 0.219. The molecule has 4 N–H and O–H groups in total. The maximum atomic E-state index is 14.2. The van der Waals surface area contributed by atoms with E-state index in [-0.39, 0.29) is 30.6 Å². The number of thiazole rings is 1. The third-order valence-electron chi connectivity index (χ3n) is 13.4. The number of carbonyl (C=O) groups excluding carboxylic acids is 3. The van der Waals surface area contributed by atoms with Crippen molar-refractivity contribution in [2.45, 2.75) is 97.2 Å². The first-order valence-electron chi connectivity index (χ1n) is 24.5. The number of piperazine rings is 1. The summed E-state index contributed by atoms with van der Waals surface area (Å²) in [6.07, 6.45) is 4.78. The van der Waals surface area contributed by atoms with E-state index in [1.807, 2.05) is 101 Å². The van der Waals surface area contributed by atoms with E-state index in [4.69, 9.17) is 16.3 Å². The lowest BCUT2D eigenvalue weighted by atomic mass is 9.85. The van der Waals surface area contributed by atoms with E-state index in [9.17, 15) is 24.1 Å². The number of aromatic nitrogens is 3. The number of unbranched alkanes of at least 4 members (excludes halogenated alkanes) is 3. The van der Waals surface area contributed by atoms with Gasteiger partial charge in [-0.15, -0.1) is 11.3 Å². The van der Waals surface area contributed by atoms with Gasteiger partial charge in [-0.1, -0.05) is 88.5 Å². The van der Waals surface area contributed by atoms with Gasteiger partial charge in [0.05, 0.1) is 52.9 Å². The smallest absolute Gasteiger partial charge is 0.246 e. The number of anilines is 5. The van der Waals surface area contributed by atoms with E-state index in [0.29, 0.717) is 52.1 Å². The summed E-state index contributed by atoms with van der Waals surface area (Å²) in [7, 11) is -0.930. The van der Waals surface area contributed by atoms with E-state index >= 15 is 0 Å². The summed E-state index contributed by atoms with van der Waals surface area (Å²) in [6, 6.07) is 19.7. The van der Waals surface area contributed by atoms with Gasteiger partial charge in [0.25, 0.3) is 0 Å². The Morgan fingerprint density at radius 3 is 2.34 bits per heavy atom. The summed E-state index contributed by atoms with van der Waals surface area (Å²) in [4.78, 5) is 62.4. The average molecular weight is 1030 g/mol. The number of para-hydroxylation sites is 1. The Kier molecular flexibility index (Phi) is 17.6. The maximum Gasteiger partial charge on any atom is 0.246 e. The number of benzene rings is 3. The fourth-order valence-electron chi connectivity index (χ4n) is 9.33. The summed E-state index contributed by atoms with van der Waals surface area (Å²) in [5, 5.41) is 21.3. The Bertz CT molecular complexity index is 2700. The zero-order valence-electron chi connectivity index (χ0n) is 42.2. The molecule has 2 aliphatic heterocycles. The molecule has 7 rings (SSSR count). The Hall–Kier alpha value is -5.38. The molecule has 2 saturated heterocycles. The first kappa shape index (κ1) is 53.4. The highest BCUT2D eigenvalue weighted by Gasteiger charge is 2.45. The third kappa shape index (κ3) is 13.6. The fourth-order valence-corrected chi connectivity index (χ4v) is 11.4. The minimum Gasteiger partial charge on any atom is -0.494 e. The van der Waals surface area contributed by atoms with Crippen molar-refractivity contribution in [1.82, 2.24) is 30.1 Å². The number of hydrogen-bond donors (Lipinski definition) is 4. The Morgan fingerprint density at radius 1 is 0.944 bits per heavy atom. The monoisotopic (exact) mass is 1030 g/mol. The molecule has 0 bridgehead atoms. The summed E-state index contributed by atoms with van der Waals surface area (Å²) in [5.41, 5.74) is 6.47. The molecule has 15 nitrogen and oxygen atoms in total. The number of aliphatic hydroxyl groups is 1. The van der Waals surface area contributed by atoms with E-state index < -0.39 is 36.7 Å². The average Bonchev–Trinajstić information content (AvgIpc) is 3.96. The molecule has 0 spiro atoms. The number of ether oxygens (including phenoxy) is 1. The molecule has 0 saturated carbocycles. The number of carbonyl (C=O) groups is 3. The molecule has 18 heteroatoms. The summed E-state index contributed by atoms with van der Waals surface area (Å²) < 4.78 is 18.7. The Balaban J connectivity index is 0.836. The first-order chi connectivity index (χ1) is 33.8. The highest BCUT2D eigenvalue weighted by molar-refractivity contribution is 7.70. The highest BCUT2D eigenvalue weighted by Crippen LogP contribution is 2.39. The lowest BCUT2D eigenvalue weighted by molar-refractivity contribution is -0.143. The topological polar surface area (TPSA) is 182 Å². The van der Waals surface area contributed by atoms with Crippen molar-refractivity contribution in [1.29, 1.82) is 0 Å². The van der Waals surface area contributed by atoms with Crippen LogP contribution in [0.1, 0.15) is 83.4 Å². The van der Waals surface area contributed by atoms with Crippen LogP contribution in [-0.4, -0.2) is 125 Å². The minimum absolute atomic E-state index is 0.0493. The number of aryl methyl sites for hydroxylation is 1. The molecule has 0 radical (unpaired) electrons. The van der Waals surface area contributed by atoms with Gasteiger partial charge in [-0.2, -0.15) is 4.98 Å². The highest BCUT2D eigenvalue weighted by atomic mass is 35.5. The summed E-state index contributed by atoms with van der Waals surface area (Å²) >= 11 is 8.06. The van der Waals surface area contributed by atoms with Gasteiger partial charge in [0.2, 0.25) is 17.8 Å². The second-order valence-electron chi connectivity index (χ2n) is 20.2. The van der Waals surface area contributed by atoms with Crippen molar-refractivity contribution >= 4 is 81.8 Å². The minimum atomic E-state index is -2.56. The van der Waals surface area contributed by atoms with Crippen LogP contribution in [0.5, 0.6) is 5.75 Å². The van der Waals surface area contributed by atoms with Crippen LogP contribution in [-0.2, 0) is 18.9 Å². The second kappa shape index (κ2) is 23.4. The number of ketones is 1. The lowest BCUT2D eigenvalue weighted by Gasteiger charge is -2.36. The SMILES string of the molecule is COc1cc(N2CCN(CCCCCCC(=O)N[C@H](C(=O)N3C[C@H](O)C[C@H]3C(=O)[C@@H](C)c3ccc(-c4scnc4C)cc3)C(C)(C)C)CC2)ccc1Nc1ncc(Cl)c(Nc2ccccc2P(C)(C)=O)n1. The predicted octanol–water partition coefficient (Wildman–Crippen LogP) is 9.24. The van der Waals surface area contributed by atoms with Crippen LogP contribution in [0.3, 0.4) is 0 Å². The number of methoxy groups -OCH3 is 1. The number of amides is 2. The first-order valence-corrected chi connectivity index (χ1v) is 28.3. The molecule has 4 heterocycles. The van der Waals surface area contributed by atoms with Gasteiger partial charge in [-0.05, 0) is 80.4 Å². The molecular formula is C53H69ClN9O6PS. The number of β-amino-alcohol motifs (C(OH)–C–C–N with tert-alkyl or cyclic N) is 1. The number of hydrogen-bond acceptors (Lipinski definition) is 14. The number of Topliss-reactive ketones (excluding diaryl/α,β-unsaturated/α-hetero) is 1. The number of rotatable bonds is 20. The fraction of sp³-hybridized carbons (Fsp3) is 0.472. The Morgan fingerprint density at radius 2 is 1.66 bits per heavy atom. The van der Waals surface area contributed by atoms with Crippen molar-refractivity contribution in [3.05, 3.63) is 94.7 Å². The molecular weight excluding hydrogens is 957 g/mol. The molecule has 2 fully saturated rings. The van der Waals surface area contributed by atoms with Crippen LogP contribution in [0.15, 0.2) is 78.4 Å². The second-order valence-corrected chi connectivity index (χ2v) is 24.6. The third-order valence-corrected chi connectivity index (χ3v) is 16.2. The van der Waals surface area contributed by atoms with Gasteiger partial charge in [-0.3, -0.25) is 19.3 Å². The van der Waals surface area contributed by atoms with Crippen LogP contribution in [0.4, 0.5) is 28.8 Å². The van der Waals surface area contributed by atoms with E-state index in [1.165, 1.54) is 11.1 Å². The number of nitrogens with zero attached hydrogens (tertiary/aromatic N) is 6. The van der Waals surface area contributed by atoms with Crippen molar-refractivity contribution in [2.24, 2.45) is 5.41 Å². The van der Waals surface area contributed by atoms with Crippen LogP contribution in [0, 0.1) is 12.3 Å².